The number of rotatable bonds is 7. The number of hydrogen-bond donors (Lipinski definition) is 1. The van der Waals surface area contributed by atoms with Gasteiger partial charge in [-0.3, -0.25) is 19.1 Å². The fourth-order valence-electron chi connectivity index (χ4n) is 7.34. The lowest BCUT2D eigenvalue weighted by atomic mass is 9.48. The Bertz CT molecular complexity index is 1270. The second-order valence-electron chi connectivity index (χ2n) is 11.0. The smallest absolute Gasteiger partial charge is 0.262 e. The van der Waals surface area contributed by atoms with Crippen LogP contribution in [0, 0.1) is 23.2 Å². The molecule has 1 amide bonds. The van der Waals surface area contributed by atoms with Gasteiger partial charge in [-0.15, -0.1) is 0 Å². The number of aromatic nitrogens is 3. The van der Waals surface area contributed by atoms with Gasteiger partial charge in [-0.1, -0.05) is 23.9 Å². The van der Waals surface area contributed by atoms with Crippen molar-refractivity contribution < 1.29 is 4.79 Å². The van der Waals surface area contributed by atoms with Crippen LogP contribution in [0.1, 0.15) is 51.0 Å². The van der Waals surface area contributed by atoms with Crippen LogP contribution >= 0.6 is 11.8 Å². The third kappa shape index (κ3) is 4.39. The van der Waals surface area contributed by atoms with Crippen molar-refractivity contribution in [2.45, 2.75) is 63.2 Å². The van der Waals surface area contributed by atoms with Gasteiger partial charge >= 0.3 is 0 Å². The summed E-state index contributed by atoms with van der Waals surface area (Å²) in [4.78, 5) is 35.3. The molecule has 0 saturated heterocycles. The highest BCUT2D eigenvalue weighted by Gasteiger charge is 2.53. The maximum atomic E-state index is 13.3. The summed E-state index contributed by atoms with van der Waals surface area (Å²) in [6, 6.07) is 11.4. The van der Waals surface area contributed by atoms with Crippen LogP contribution in [0.3, 0.4) is 0 Å². The Balaban J connectivity index is 1.19. The molecule has 1 atom stereocenters. The molecule has 7 heteroatoms. The predicted molar refractivity (Wildman–Crippen MR) is 138 cm³/mol. The fourth-order valence-corrected chi connectivity index (χ4v) is 8.15. The van der Waals surface area contributed by atoms with E-state index in [2.05, 4.69) is 17.2 Å². The fraction of sp³-hybridized carbons (Fsp3) is 0.500. The number of thioether (sulfide) groups is 1. The molecule has 0 aliphatic heterocycles. The molecular formula is C28H32N4O2S. The standard InChI is InChI=1S/C28H32N4O2S/c1-18(28-13-20-10-21(14-28)12-22(11-20)15-28)30-25(33)17-35-27-31-24-5-3-2-4-23(24)26(34)32(27)16-19-6-8-29-9-7-19/h2-9,18,20-22H,10-17H2,1H3,(H,30,33)/t18-,20?,21?,22?,28?/m0/s1. The molecular weight excluding hydrogens is 456 g/mol. The summed E-state index contributed by atoms with van der Waals surface area (Å²) >= 11 is 1.35. The Labute approximate surface area is 209 Å². The van der Waals surface area contributed by atoms with Crippen LogP contribution in [0.2, 0.25) is 0 Å². The molecule has 2 heterocycles. The second kappa shape index (κ2) is 9.08. The number of nitrogens with one attached hydrogen (secondary N) is 1. The molecule has 6 nitrogen and oxygen atoms in total. The van der Waals surface area contributed by atoms with Crippen molar-refractivity contribution in [3.8, 4) is 0 Å². The van der Waals surface area contributed by atoms with E-state index in [1.807, 2.05) is 36.4 Å². The van der Waals surface area contributed by atoms with Crippen LogP contribution in [0.15, 0.2) is 58.7 Å². The summed E-state index contributed by atoms with van der Waals surface area (Å²) in [5.74, 6) is 2.85. The van der Waals surface area contributed by atoms with Crippen molar-refractivity contribution >= 4 is 28.6 Å². The monoisotopic (exact) mass is 488 g/mol. The molecule has 3 aromatic rings. The number of carbonyl (C=O) groups is 1. The number of carbonyl (C=O) groups excluding carboxylic acids is 1. The average Bonchev–Trinajstić information content (AvgIpc) is 2.84. The lowest BCUT2D eigenvalue weighted by molar-refractivity contribution is -0.123. The molecule has 182 valence electrons. The summed E-state index contributed by atoms with van der Waals surface area (Å²) < 4.78 is 1.68. The molecule has 1 aromatic carbocycles. The summed E-state index contributed by atoms with van der Waals surface area (Å²) in [5, 5.41) is 4.51. The van der Waals surface area contributed by atoms with Gasteiger partial charge in [0.15, 0.2) is 5.16 Å². The second-order valence-corrected chi connectivity index (χ2v) is 12.0. The van der Waals surface area contributed by atoms with Crippen molar-refractivity contribution in [3.63, 3.8) is 0 Å². The minimum absolute atomic E-state index is 0.0242. The molecule has 1 N–H and O–H groups in total. The van der Waals surface area contributed by atoms with E-state index in [0.29, 0.717) is 22.6 Å². The Morgan fingerprint density at radius 3 is 2.43 bits per heavy atom. The normalized spacial score (nSPS) is 27.7. The Kier molecular flexibility index (Phi) is 5.91. The number of para-hydroxylation sites is 1. The first-order valence-corrected chi connectivity index (χ1v) is 13.8. The molecule has 0 unspecified atom stereocenters. The minimum Gasteiger partial charge on any atom is -0.352 e. The zero-order valence-corrected chi connectivity index (χ0v) is 21.0. The van der Waals surface area contributed by atoms with E-state index in [9.17, 15) is 9.59 Å². The van der Waals surface area contributed by atoms with E-state index in [4.69, 9.17) is 4.98 Å². The molecule has 4 saturated carbocycles. The van der Waals surface area contributed by atoms with Gasteiger partial charge in [0.05, 0.1) is 23.2 Å². The summed E-state index contributed by atoms with van der Waals surface area (Å²) in [6.07, 6.45) is 11.5. The molecule has 4 fully saturated rings. The lowest BCUT2D eigenvalue weighted by Crippen LogP contribution is -2.56. The number of benzene rings is 1. The number of amides is 1. The van der Waals surface area contributed by atoms with Crippen molar-refractivity contribution in [1.82, 2.24) is 19.9 Å². The molecule has 0 spiro atoms. The van der Waals surface area contributed by atoms with E-state index in [1.54, 1.807) is 17.0 Å². The number of hydrogen-bond acceptors (Lipinski definition) is 5. The third-order valence-corrected chi connectivity index (χ3v) is 9.61. The van der Waals surface area contributed by atoms with Gasteiger partial charge in [-0.25, -0.2) is 4.98 Å². The van der Waals surface area contributed by atoms with Crippen LogP contribution in [0.5, 0.6) is 0 Å². The van der Waals surface area contributed by atoms with Gasteiger partial charge in [0.1, 0.15) is 0 Å². The SMILES string of the molecule is C[C@H](NC(=O)CSc1nc2ccccc2c(=O)n1Cc1ccncc1)C12CC3CC(CC(C3)C1)C2. The van der Waals surface area contributed by atoms with Gasteiger partial charge in [0, 0.05) is 18.4 Å². The number of pyridine rings is 1. The largest absolute Gasteiger partial charge is 0.352 e. The number of nitrogens with zero attached hydrogens (tertiary/aromatic N) is 3. The van der Waals surface area contributed by atoms with Gasteiger partial charge in [-0.05, 0) is 98.4 Å². The molecule has 7 rings (SSSR count). The van der Waals surface area contributed by atoms with Gasteiger partial charge in [0.25, 0.3) is 5.56 Å². The highest BCUT2D eigenvalue weighted by Crippen LogP contribution is 2.61. The zero-order valence-electron chi connectivity index (χ0n) is 20.2. The summed E-state index contributed by atoms with van der Waals surface area (Å²) in [6.45, 7) is 2.61. The van der Waals surface area contributed by atoms with E-state index in [0.717, 1.165) is 23.3 Å². The molecule has 4 aliphatic rings. The Hall–Kier alpha value is -2.67. The molecule has 4 aliphatic carbocycles. The Morgan fingerprint density at radius 2 is 1.74 bits per heavy atom. The van der Waals surface area contributed by atoms with Gasteiger partial charge in [0.2, 0.25) is 5.91 Å². The predicted octanol–water partition coefficient (Wildman–Crippen LogP) is 4.65. The lowest BCUT2D eigenvalue weighted by Gasteiger charge is -2.59. The molecule has 35 heavy (non-hydrogen) atoms. The van der Waals surface area contributed by atoms with Crippen LogP contribution in [-0.2, 0) is 11.3 Å². The van der Waals surface area contributed by atoms with E-state index >= 15 is 0 Å². The van der Waals surface area contributed by atoms with Crippen LogP contribution < -0.4 is 10.9 Å². The van der Waals surface area contributed by atoms with Gasteiger partial charge in [-0.2, -0.15) is 0 Å². The molecule has 4 bridgehead atoms. The zero-order chi connectivity index (χ0) is 24.0. The van der Waals surface area contributed by atoms with Crippen molar-refractivity contribution in [2.75, 3.05) is 5.75 Å². The highest BCUT2D eigenvalue weighted by molar-refractivity contribution is 7.99. The van der Waals surface area contributed by atoms with E-state index in [1.165, 1.54) is 50.3 Å². The maximum Gasteiger partial charge on any atom is 0.262 e. The van der Waals surface area contributed by atoms with Crippen molar-refractivity contribution in [1.29, 1.82) is 0 Å². The topological polar surface area (TPSA) is 76.9 Å². The van der Waals surface area contributed by atoms with E-state index in [-0.39, 0.29) is 28.7 Å². The van der Waals surface area contributed by atoms with Gasteiger partial charge < -0.3 is 5.32 Å². The average molecular weight is 489 g/mol. The first-order valence-electron chi connectivity index (χ1n) is 12.8. The van der Waals surface area contributed by atoms with Crippen molar-refractivity contribution in [3.05, 3.63) is 64.7 Å². The summed E-state index contributed by atoms with van der Waals surface area (Å²) in [5.41, 5.74) is 1.83. The van der Waals surface area contributed by atoms with Crippen molar-refractivity contribution in [2.24, 2.45) is 23.2 Å². The minimum atomic E-state index is -0.0859. The molecule has 2 aromatic heterocycles. The van der Waals surface area contributed by atoms with Crippen LogP contribution in [0.25, 0.3) is 10.9 Å². The Morgan fingerprint density at radius 1 is 1.09 bits per heavy atom. The first kappa shape index (κ1) is 22.8. The number of fused-ring (bicyclic) bond motifs is 1. The van der Waals surface area contributed by atoms with E-state index < -0.39 is 0 Å². The van der Waals surface area contributed by atoms with Crippen LogP contribution in [-0.4, -0.2) is 32.2 Å². The third-order valence-electron chi connectivity index (χ3n) is 8.63. The molecule has 0 radical (unpaired) electrons. The quantitative estimate of drug-likeness (QED) is 0.387. The maximum absolute atomic E-state index is 13.3. The highest BCUT2D eigenvalue weighted by atomic mass is 32.2. The first-order chi connectivity index (χ1) is 17.0. The summed E-state index contributed by atoms with van der Waals surface area (Å²) in [7, 11) is 0. The van der Waals surface area contributed by atoms with Crippen LogP contribution in [0.4, 0.5) is 0 Å².